The summed E-state index contributed by atoms with van der Waals surface area (Å²) in [5.41, 5.74) is 0.101. The Kier molecular flexibility index (Phi) is 8.35. The van der Waals surface area contributed by atoms with E-state index in [1.165, 1.54) is 0 Å². The number of ether oxygens (including phenoxy) is 1. The molecule has 0 N–H and O–H groups in total. The quantitative estimate of drug-likeness (QED) is 0.492. The van der Waals surface area contributed by atoms with E-state index in [4.69, 9.17) is 4.74 Å². The summed E-state index contributed by atoms with van der Waals surface area (Å²) in [6.07, 6.45) is 2.50. The molecule has 0 rings (SSSR count). The van der Waals surface area contributed by atoms with Crippen molar-refractivity contribution in [2.75, 3.05) is 26.8 Å². The third-order valence-corrected chi connectivity index (χ3v) is 4.29. The second kappa shape index (κ2) is 8.78. The van der Waals surface area contributed by atoms with Crippen molar-refractivity contribution in [2.24, 2.45) is 10.8 Å². The highest BCUT2D eigenvalue weighted by molar-refractivity contribution is 5.83. The van der Waals surface area contributed by atoms with Crippen LogP contribution in [-0.2, 0) is 9.53 Å². The fourth-order valence-corrected chi connectivity index (χ4v) is 2.01. The van der Waals surface area contributed by atoms with Crippen molar-refractivity contribution in [1.82, 2.24) is 4.90 Å². The van der Waals surface area contributed by atoms with Gasteiger partial charge in [0.05, 0.1) is 19.3 Å². The molecule has 0 saturated heterocycles. The number of nitriles is 1. The van der Waals surface area contributed by atoms with Crippen LogP contribution in [0, 0.1) is 22.2 Å². The summed E-state index contributed by atoms with van der Waals surface area (Å²) >= 11 is 0. The maximum atomic E-state index is 11.8. The maximum absolute atomic E-state index is 11.8. The lowest BCUT2D eigenvalue weighted by molar-refractivity contribution is -0.127. The number of ketones is 1. The first-order chi connectivity index (χ1) is 10.7. The largest absolute Gasteiger partial charge is 0.380 e. The van der Waals surface area contributed by atoms with Crippen LogP contribution in [0.4, 0.5) is 0 Å². The third-order valence-electron chi connectivity index (χ3n) is 4.29. The molecule has 0 bridgehead atoms. The van der Waals surface area contributed by atoms with E-state index in [1.807, 2.05) is 54.7 Å². The van der Waals surface area contributed by atoms with Gasteiger partial charge in [0.25, 0.3) is 0 Å². The number of nitrogens with zero attached hydrogens (tertiary/aromatic N) is 2. The predicted molar refractivity (Wildman–Crippen MR) is 99.8 cm³/mol. The molecular weight excluding hydrogens is 300 g/mol. The molecule has 0 aliphatic carbocycles. The van der Waals surface area contributed by atoms with E-state index >= 15 is 0 Å². The van der Waals surface area contributed by atoms with Gasteiger partial charge in [0.2, 0.25) is 0 Å². The van der Waals surface area contributed by atoms with Crippen LogP contribution in [0.25, 0.3) is 0 Å². The Bertz CT molecular complexity index is 485. The monoisotopic (exact) mass is 336 g/mol. The van der Waals surface area contributed by atoms with Gasteiger partial charge in [-0.05, 0) is 26.3 Å². The highest BCUT2D eigenvalue weighted by Crippen LogP contribution is 2.28. The van der Waals surface area contributed by atoms with Crippen molar-refractivity contribution in [1.29, 1.82) is 5.26 Å². The molecule has 24 heavy (non-hydrogen) atoms. The lowest BCUT2D eigenvalue weighted by atomic mass is 9.83. The van der Waals surface area contributed by atoms with Gasteiger partial charge in [-0.25, -0.2) is 0 Å². The maximum Gasteiger partial charge on any atom is 0.140 e. The van der Waals surface area contributed by atoms with Crippen molar-refractivity contribution < 1.29 is 9.53 Å². The SMILES string of the molecule is CN(CCOCCC(=O)C(C)(C)C)C(C)(C)/C=C(\C#N)C(C)(C)C. The molecule has 0 heterocycles. The van der Waals surface area contributed by atoms with Crippen LogP contribution in [0.1, 0.15) is 61.8 Å². The first kappa shape index (κ1) is 22.8. The molecule has 0 atom stereocenters. The lowest BCUT2D eigenvalue weighted by Gasteiger charge is -2.34. The minimum atomic E-state index is -0.298. The van der Waals surface area contributed by atoms with E-state index < -0.39 is 0 Å². The van der Waals surface area contributed by atoms with Crippen LogP contribution in [0.5, 0.6) is 0 Å². The number of carbonyl (C=O) groups is 1. The summed E-state index contributed by atoms with van der Waals surface area (Å²) < 4.78 is 5.62. The van der Waals surface area contributed by atoms with Crippen LogP contribution in [0.3, 0.4) is 0 Å². The predicted octanol–water partition coefficient (Wildman–Crippen LogP) is 4.21. The van der Waals surface area contributed by atoms with E-state index in [-0.39, 0.29) is 22.2 Å². The van der Waals surface area contributed by atoms with E-state index in [1.54, 1.807) is 0 Å². The molecule has 0 aliphatic rings. The molecule has 0 saturated carbocycles. The van der Waals surface area contributed by atoms with Crippen LogP contribution < -0.4 is 0 Å². The topological polar surface area (TPSA) is 53.3 Å². The first-order valence-electron chi connectivity index (χ1n) is 8.67. The van der Waals surface area contributed by atoms with Gasteiger partial charge >= 0.3 is 0 Å². The molecule has 0 aliphatic heterocycles. The molecule has 138 valence electrons. The van der Waals surface area contributed by atoms with E-state index in [0.29, 0.717) is 19.6 Å². The average molecular weight is 337 g/mol. The Morgan fingerprint density at radius 3 is 2.00 bits per heavy atom. The minimum Gasteiger partial charge on any atom is -0.380 e. The third kappa shape index (κ3) is 8.08. The summed E-state index contributed by atoms with van der Waals surface area (Å²) in [5.74, 6) is 0.225. The molecule has 0 radical (unpaired) electrons. The Balaban J connectivity index is 4.47. The number of carbonyl (C=O) groups excluding carboxylic acids is 1. The number of allylic oxidation sites excluding steroid dienone is 1. The zero-order chi connectivity index (χ0) is 19.2. The molecular formula is C20H36N2O2. The van der Waals surface area contributed by atoms with Crippen molar-refractivity contribution >= 4 is 5.78 Å². The Labute approximate surface area is 148 Å². The van der Waals surface area contributed by atoms with Gasteiger partial charge in [0, 0.05) is 29.5 Å². The number of hydrogen-bond acceptors (Lipinski definition) is 4. The second-order valence-corrected chi connectivity index (χ2v) is 9.03. The van der Waals surface area contributed by atoms with Crippen LogP contribution in [0.15, 0.2) is 11.6 Å². The number of likely N-dealkylation sites (N-methyl/N-ethyl adjacent to an activating group) is 1. The van der Waals surface area contributed by atoms with Gasteiger partial charge in [0.1, 0.15) is 5.78 Å². The molecule has 0 unspecified atom stereocenters. The minimum absolute atomic E-state index is 0.156. The number of hydrogen-bond donors (Lipinski definition) is 0. The molecule has 0 aromatic heterocycles. The zero-order valence-corrected chi connectivity index (χ0v) is 17.1. The lowest BCUT2D eigenvalue weighted by Crippen LogP contribution is -2.42. The van der Waals surface area contributed by atoms with Crippen molar-refractivity contribution in [2.45, 2.75) is 67.3 Å². The van der Waals surface area contributed by atoms with Crippen molar-refractivity contribution in [3.63, 3.8) is 0 Å². The summed E-state index contributed by atoms with van der Waals surface area (Å²) in [6.45, 7) is 17.9. The fourth-order valence-electron chi connectivity index (χ4n) is 2.01. The van der Waals surface area contributed by atoms with Gasteiger partial charge in [-0.2, -0.15) is 5.26 Å². The van der Waals surface area contributed by atoms with Gasteiger partial charge < -0.3 is 4.74 Å². The van der Waals surface area contributed by atoms with Crippen LogP contribution in [0.2, 0.25) is 0 Å². The van der Waals surface area contributed by atoms with Crippen molar-refractivity contribution in [3.8, 4) is 6.07 Å². The summed E-state index contributed by atoms with van der Waals surface area (Å²) in [7, 11) is 2.03. The average Bonchev–Trinajstić information content (AvgIpc) is 2.41. The Morgan fingerprint density at radius 2 is 1.58 bits per heavy atom. The van der Waals surface area contributed by atoms with E-state index in [2.05, 4.69) is 24.8 Å². The van der Waals surface area contributed by atoms with Crippen LogP contribution in [-0.4, -0.2) is 43.0 Å². The molecule has 4 heteroatoms. The van der Waals surface area contributed by atoms with Gasteiger partial charge in [-0.15, -0.1) is 0 Å². The summed E-state index contributed by atoms with van der Waals surface area (Å²) in [6, 6.07) is 2.32. The molecule has 0 aromatic carbocycles. The Hall–Kier alpha value is -1.18. The summed E-state index contributed by atoms with van der Waals surface area (Å²) in [4.78, 5) is 14.0. The van der Waals surface area contributed by atoms with E-state index in [9.17, 15) is 10.1 Å². The number of rotatable bonds is 8. The highest BCUT2D eigenvalue weighted by Gasteiger charge is 2.26. The first-order valence-corrected chi connectivity index (χ1v) is 8.67. The second-order valence-electron chi connectivity index (χ2n) is 9.03. The smallest absolute Gasteiger partial charge is 0.140 e. The molecule has 0 spiro atoms. The molecule has 0 aromatic rings. The standard InChI is InChI=1S/C20H36N2O2/c1-18(2,3)16(15-21)14-20(7,8)22(9)11-13-24-12-10-17(23)19(4,5)6/h14H,10-13H2,1-9H3/b16-14+. The summed E-state index contributed by atoms with van der Waals surface area (Å²) in [5, 5.41) is 9.38. The fraction of sp³-hybridized carbons (Fsp3) is 0.800. The molecule has 4 nitrogen and oxygen atoms in total. The van der Waals surface area contributed by atoms with E-state index in [0.717, 1.165) is 12.1 Å². The van der Waals surface area contributed by atoms with Crippen molar-refractivity contribution in [3.05, 3.63) is 11.6 Å². The molecule has 0 fully saturated rings. The Morgan fingerprint density at radius 1 is 1.04 bits per heavy atom. The number of Topliss-reactive ketones (excluding diaryl/α,β-unsaturated/α-hetero) is 1. The van der Waals surface area contributed by atoms with Gasteiger partial charge in [-0.1, -0.05) is 47.6 Å². The highest BCUT2D eigenvalue weighted by atomic mass is 16.5. The van der Waals surface area contributed by atoms with Crippen LogP contribution >= 0.6 is 0 Å². The molecule has 0 amide bonds. The van der Waals surface area contributed by atoms with Gasteiger partial charge in [0.15, 0.2) is 0 Å². The zero-order valence-electron chi connectivity index (χ0n) is 17.1. The van der Waals surface area contributed by atoms with Gasteiger partial charge in [-0.3, -0.25) is 9.69 Å². The normalized spacial score (nSPS) is 14.0.